The number of nitrogens with one attached hydrogen (secondary N) is 1. The number of carbonyl (C=O) groups is 1. The van der Waals surface area contributed by atoms with Gasteiger partial charge < -0.3 is 15.0 Å². The Bertz CT molecular complexity index is 722. The smallest absolute Gasteiger partial charge is 0.252 e. The van der Waals surface area contributed by atoms with Crippen molar-refractivity contribution in [3.8, 4) is 5.75 Å². The average molecular weight is 395 g/mol. The summed E-state index contributed by atoms with van der Waals surface area (Å²) >= 11 is 3.37. The molecule has 0 aliphatic heterocycles. The SMILES string of the molecule is COc1ccc(Br)c(C(=O)NCC(c2cccc(F)c2)N(C)C)c1. The summed E-state index contributed by atoms with van der Waals surface area (Å²) in [4.78, 5) is 14.4. The van der Waals surface area contributed by atoms with Gasteiger partial charge in [0.05, 0.1) is 18.7 Å². The summed E-state index contributed by atoms with van der Waals surface area (Å²) in [5.74, 6) is 0.0999. The number of nitrogens with zero attached hydrogens (tertiary/aromatic N) is 1. The van der Waals surface area contributed by atoms with E-state index in [1.54, 1.807) is 31.4 Å². The van der Waals surface area contributed by atoms with Crippen LogP contribution in [0.4, 0.5) is 4.39 Å². The number of benzene rings is 2. The molecule has 0 bridgehead atoms. The quantitative estimate of drug-likeness (QED) is 0.813. The number of likely N-dealkylation sites (N-methyl/N-ethyl adjacent to an activating group) is 1. The van der Waals surface area contributed by atoms with Crippen molar-refractivity contribution in [2.24, 2.45) is 0 Å². The van der Waals surface area contributed by atoms with Gasteiger partial charge in [-0.1, -0.05) is 12.1 Å². The fourth-order valence-corrected chi connectivity index (χ4v) is 2.83. The Morgan fingerprint density at radius 3 is 2.67 bits per heavy atom. The van der Waals surface area contributed by atoms with Crippen LogP contribution in [0, 0.1) is 5.82 Å². The molecule has 1 N–H and O–H groups in total. The molecule has 24 heavy (non-hydrogen) atoms. The first-order chi connectivity index (χ1) is 11.4. The van der Waals surface area contributed by atoms with Crippen molar-refractivity contribution in [1.82, 2.24) is 10.2 Å². The molecule has 2 rings (SSSR count). The summed E-state index contributed by atoms with van der Waals surface area (Å²) in [7, 11) is 5.34. The van der Waals surface area contributed by atoms with Gasteiger partial charge in [-0.15, -0.1) is 0 Å². The van der Waals surface area contributed by atoms with E-state index in [0.717, 1.165) is 5.56 Å². The number of rotatable bonds is 6. The molecule has 0 saturated carbocycles. The summed E-state index contributed by atoms with van der Waals surface area (Å²) < 4.78 is 19.3. The summed E-state index contributed by atoms with van der Waals surface area (Å²) in [5.41, 5.74) is 1.30. The van der Waals surface area contributed by atoms with E-state index >= 15 is 0 Å². The maximum absolute atomic E-state index is 13.5. The second-order valence-corrected chi connectivity index (χ2v) is 6.44. The van der Waals surface area contributed by atoms with Crippen LogP contribution in [0.2, 0.25) is 0 Å². The van der Waals surface area contributed by atoms with Gasteiger partial charge in [0, 0.05) is 11.0 Å². The van der Waals surface area contributed by atoms with E-state index in [0.29, 0.717) is 22.3 Å². The molecule has 0 saturated heterocycles. The summed E-state index contributed by atoms with van der Waals surface area (Å²) in [6.07, 6.45) is 0. The second kappa shape index (κ2) is 8.26. The summed E-state index contributed by atoms with van der Waals surface area (Å²) in [5, 5.41) is 2.90. The third-order valence-corrected chi connectivity index (χ3v) is 4.42. The molecule has 1 unspecified atom stereocenters. The number of hydrogen-bond donors (Lipinski definition) is 1. The molecule has 2 aromatic carbocycles. The lowest BCUT2D eigenvalue weighted by Crippen LogP contribution is -2.34. The zero-order chi connectivity index (χ0) is 17.7. The largest absolute Gasteiger partial charge is 0.497 e. The van der Waals surface area contributed by atoms with Crippen molar-refractivity contribution in [3.63, 3.8) is 0 Å². The number of carbonyl (C=O) groups excluding carboxylic acids is 1. The van der Waals surface area contributed by atoms with Gasteiger partial charge in [0.25, 0.3) is 5.91 Å². The van der Waals surface area contributed by atoms with Gasteiger partial charge in [-0.25, -0.2) is 4.39 Å². The maximum Gasteiger partial charge on any atom is 0.252 e. The van der Waals surface area contributed by atoms with Crippen LogP contribution in [0.15, 0.2) is 46.9 Å². The Kier molecular flexibility index (Phi) is 6.34. The van der Waals surface area contributed by atoms with Crippen molar-refractivity contribution in [2.75, 3.05) is 27.7 Å². The van der Waals surface area contributed by atoms with Gasteiger partial charge in [0.15, 0.2) is 0 Å². The second-order valence-electron chi connectivity index (χ2n) is 5.59. The number of ether oxygens (including phenoxy) is 1. The van der Waals surface area contributed by atoms with Crippen LogP contribution in [-0.2, 0) is 0 Å². The molecule has 1 atom stereocenters. The molecule has 0 fully saturated rings. The minimum atomic E-state index is -0.291. The predicted molar refractivity (Wildman–Crippen MR) is 95.9 cm³/mol. The first kappa shape index (κ1) is 18.4. The molecular formula is C18H20BrFN2O2. The number of hydrogen-bond acceptors (Lipinski definition) is 3. The van der Waals surface area contributed by atoms with Gasteiger partial charge in [0.1, 0.15) is 11.6 Å². The van der Waals surface area contributed by atoms with E-state index in [1.165, 1.54) is 12.1 Å². The third-order valence-electron chi connectivity index (χ3n) is 3.73. The highest BCUT2D eigenvalue weighted by molar-refractivity contribution is 9.10. The number of methoxy groups -OCH3 is 1. The average Bonchev–Trinajstić information content (AvgIpc) is 2.55. The minimum Gasteiger partial charge on any atom is -0.497 e. The van der Waals surface area contributed by atoms with Gasteiger partial charge in [-0.2, -0.15) is 0 Å². The summed E-state index contributed by atoms with van der Waals surface area (Å²) in [6, 6.07) is 11.5. The van der Waals surface area contributed by atoms with E-state index in [9.17, 15) is 9.18 Å². The monoisotopic (exact) mass is 394 g/mol. The van der Waals surface area contributed by atoms with Crippen LogP contribution in [0.3, 0.4) is 0 Å². The van der Waals surface area contributed by atoms with E-state index in [4.69, 9.17) is 4.74 Å². The van der Waals surface area contributed by atoms with Crippen LogP contribution < -0.4 is 10.1 Å². The maximum atomic E-state index is 13.5. The summed E-state index contributed by atoms with van der Waals surface area (Å²) in [6.45, 7) is 0.360. The molecule has 0 heterocycles. The van der Waals surface area contributed by atoms with Crippen molar-refractivity contribution < 1.29 is 13.9 Å². The molecule has 6 heteroatoms. The van der Waals surface area contributed by atoms with E-state index in [-0.39, 0.29) is 17.8 Å². The Morgan fingerprint density at radius 2 is 2.04 bits per heavy atom. The van der Waals surface area contributed by atoms with Crippen LogP contribution in [0.1, 0.15) is 22.0 Å². The van der Waals surface area contributed by atoms with Crippen molar-refractivity contribution in [2.45, 2.75) is 6.04 Å². The van der Waals surface area contributed by atoms with Crippen molar-refractivity contribution in [3.05, 3.63) is 63.9 Å². The Balaban J connectivity index is 2.13. The fraction of sp³-hybridized carbons (Fsp3) is 0.278. The highest BCUT2D eigenvalue weighted by Gasteiger charge is 2.18. The predicted octanol–water partition coefficient (Wildman–Crippen LogP) is 3.63. The van der Waals surface area contributed by atoms with E-state index < -0.39 is 0 Å². The van der Waals surface area contributed by atoms with Crippen LogP contribution >= 0.6 is 15.9 Å². The Labute approximate surface area is 149 Å². The molecular weight excluding hydrogens is 375 g/mol. The van der Waals surface area contributed by atoms with Gasteiger partial charge in [-0.05, 0) is 65.9 Å². The zero-order valence-corrected chi connectivity index (χ0v) is 15.4. The van der Waals surface area contributed by atoms with E-state index in [1.807, 2.05) is 25.1 Å². The lowest BCUT2D eigenvalue weighted by Gasteiger charge is -2.25. The Hall–Kier alpha value is -1.92. The molecule has 1 amide bonds. The highest BCUT2D eigenvalue weighted by Crippen LogP contribution is 2.23. The Morgan fingerprint density at radius 1 is 1.29 bits per heavy atom. The first-order valence-electron chi connectivity index (χ1n) is 7.46. The fourth-order valence-electron chi connectivity index (χ4n) is 2.40. The number of amides is 1. The highest BCUT2D eigenvalue weighted by atomic mass is 79.9. The molecule has 0 aromatic heterocycles. The standard InChI is InChI=1S/C18H20BrFN2O2/c1-22(2)17(12-5-4-6-13(20)9-12)11-21-18(23)15-10-14(24-3)7-8-16(15)19/h4-10,17H,11H2,1-3H3,(H,21,23). The minimum absolute atomic E-state index is 0.131. The van der Waals surface area contributed by atoms with Gasteiger partial charge >= 0.3 is 0 Å². The number of halogens is 2. The van der Waals surface area contributed by atoms with Crippen molar-refractivity contribution in [1.29, 1.82) is 0 Å². The van der Waals surface area contributed by atoms with Crippen LogP contribution in [0.25, 0.3) is 0 Å². The first-order valence-corrected chi connectivity index (χ1v) is 8.25. The molecule has 0 aliphatic rings. The van der Waals surface area contributed by atoms with Crippen molar-refractivity contribution >= 4 is 21.8 Å². The normalized spacial score (nSPS) is 12.1. The third kappa shape index (κ3) is 4.55. The molecule has 2 aromatic rings. The topological polar surface area (TPSA) is 41.6 Å². The van der Waals surface area contributed by atoms with Gasteiger partial charge in [0.2, 0.25) is 0 Å². The lowest BCUT2D eigenvalue weighted by molar-refractivity contribution is 0.0941. The van der Waals surface area contributed by atoms with Crippen LogP contribution in [0.5, 0.6) is 5.75 Å². The zero-order valence-electron chi connectivity index (χ0n) is 13.8. The molecule has 128 valence electrons. The molecule has 0 radical (unpaired) electrons. The lowest BCUT2D eigenvalue weighted by atomic mass is 10.1. The molecule has 4 nitrogen and oxygen atoms in total. The van der Waals surface area contributed by atoms with E-state index in [2.05, 4.69) is 21.2 Å². The van der Waals surface area contributed by atoms with Gasteiger partial charge in [-0.3, -0.25) is 4.79 Å². The molecule has 0 aliphatic carbocycles. The molecule has 0 spiro atoms. The van der Waals surface area contributed by atoms with Crippen LogP contribution in [-0.4, -0.2) is 38.6 Å².